The molecule has 0 radical (unpaired) electrons. The smallest absolute Gasteiger partial charge is 0.324 e. The van der Waals surface area contributed by atoms with E-state index in [2.05, 4.69) is 5.32 Å². The van der Waals surface area contributed by atoms with Gasteiger partial charge in [0.05, 0.1) is 11.8 Å². The highest BCUT2D eigenvalue weighted by Crippen LogP contribution is 2.50. The molecule has 2 aromatic rings. The number of hydrogen-bond acceptors (Lipinski definition) is 5. The largest absolute Gasteiger partial charge is 0.480 e. The summed E-state index contributed by atoms with van der Waals surface area (Å²) >= 11 is 1.53. The van der Waals surface area contributed by atoms with E-state index in [0.717, 1.165) is 16.7 Å². The maximum absolute atomic E-state index is 13.4. The zero-order chi connectivity index (χ0) is 23.6. The number of carboxylic acid groups (broad SMARTS) is 1. The fourth-order valence-corrected chi connectivity index (χ4v) is 5.58. The predicted molar refractivity (Wildman–Crippen MR) is 130 cm³/mol. The van der Waals surface area contributed by atoms with Crippen molar-refractivity contribution in [2.75, 3.05) is 18.6 Å². The Labute approximate surface area is 198 Å². The minimum atomic E-state index is -1.48. The van der Waals surface area contributed by atoms with Gasteiger partial charge in [-0.15, -0.1) is 0 Å². The Kier molecular flexibility index (Phi) is 6.72. The molecule has 33 heavy (non-hydrogen) atoms. The third-order valence-electron chi connectivity index (χ3n) is 6.73. The normalized spacial score (nSPS) is 26.8. The maximum Gasteiger partial charge on any atom is 0.324 e. The number of imide groups is 1. The van der Waals surface area contributed by atoms with Gasteiger partial charge in [0.25, 0.3) is 0 Å². The number of thioether (sulfide) groups is 1. The molecule has 0 spiro atoms. The molecule has 4 rings (SSSR count). The second-order valence-electron chi connectivity index (χ2n) is 8.49. The van der Waals surface area contributed by atoms with Gasteiger partial charge in [-0.05, 0) is 42.0 Å². The van der Waals surface area contributed by atoms with Crippen LogP contribution >= 0.6 is 11.8 Å². The summed E-state index contributed by atoms with van der Waals surface area (Å²) in [6.07, 6.45) is 5.70. The van der Waals surface area contributed by atoms with E-state index in [0.29, 0.717) is 5.75 Å². The molecule has 0 bridgehead atoms. The fraction of sp³-hybridized carbons (Fsp3) is 0.346. The van der Waals surface area contributed by atoms with E-state index in [1.165, 1.54) is 16.7 Å². The molecule has 4 unspecified atom stereocenters. The molecule has 0 saturated carbocycles. The molecule has 2 saturated heterocycles. The van der Waals surface area contributed by atoms with E-state index >= 15 is 0 Å². The van der Waals surface area contributed by atoms with Crippen LogP contribution in [-0.2, 0) is 14.4 Å². The van der Waals surface area contributed by atoms with Gasteiger partial charge in [-0.2, -0.15) is 11.8 Å². The Hall–Kier alpha value is -2.90. The minimum absolute atomic E-state index is 0.166. The number of benzene rings is 2. The number of aliphatic carboxylic acids is 1. The first-order chi connectivity index (χ1) is 15.9. The summed E-state index contributed by atoms with van der Waals surface area (Å²) in [4.78, 5) is 40.6. The summed E-state index contributed by atoms with van der Waals surface area (Å²) in [7, 11) is 0. The highest BCUT2D eigenvalue weighted by Gasteiger charge is 2.67. The molecule has 2 N–H and O–H groups in total. The summed E-state index contributed by atoms with van der Waals surface area (Å²) in [6, 6.07) is 17.2. The van der Waals surface area contributed by atoms with Gasteiger partial charge in [-0.25, -0.2) is 0 Å². The summed E-state index contributed by atoms with van der Waals surface area (Å²) in [6.45, 7) is 1.99. The molecule has 6 nitrogen and oxygen atoms in total. The number of allylic oxidation sites excluding steroid dienone is 1. The molecule has 0 aromatic heterocycles. The SMILES string of the molecule is C/C=C/CN1C(=O)C2C(c3ccc(-c4ccccc4)cc3)NC(CCSC)(C(=O)O)C2C1=O. The first kappa shape index (κ1) is 23.3. The lowest BCUT2D eigenvalue weighted by Crippen LogP contribution is -2.56. The van der Waals surface area contributed by atoms with Crippen LogP contribution in [0, 0.1) is 11.8 Å². The Morgan fingerprint density at radius 1 is 1.09 bits per heavy atom. The monoisotopic (exact) mass is 464 g/mol. The zero-order valence-electron chi connectivity index (χ0n) is 18.7. The van der Waals surface area contributed by atoms with Gasteiger partial charge in [0, 0.05) is 12.6 Å². The fourth-order valence-electron chi connectivity index (χ4n) is 5.05. The van der Waals surface area contributed by atoms with Crippen molar-refractivity contribution in [1.29, 1.82) is 0 Å². The Morgan fingerprint density at radius 3 is 2.36 bits per heavy atom. The van der Waals surface area contributed by atoms with Crippen LogP contribution in [0.3, 0.4) is 0 Å². The molecule has 2 aliphatic heterocycles. The molecule has 2 aliphatic rings. The van der Waals surface area contributed by atoms with Gasteiger partial charge < -0.3 is 5.11 Å². The molecule has 2 amide bonds. The molecule has 2 fully saturated rings. The van der Waals surface area contributed by atoms with Crippen LogP contribution in [0.4, 0.5) is 0 Å². The van der Waals surface area contributed by atoms with E-state index < -0.39 is 35.3 Å². The number of fused-ring (bicyclic) bond motifs is 1. The molecular formula is C26H28N2O4S. The topological polar surface area (TPSA) is 86.7 Å². The number of likely N-dealkylation sites (tertiary alicyclic amines) is 1. The number of nitrogens with zero attached hydrogens (tertiary/aromatic N) is 1. The Balaban J connectivity index is 1.74. The van der Waals surface area contributed by atoms with Crippen molar-refractivity contribution in [3.05, 3.63) is 72.3 Å². The zero-order valence-corrected chi connectivity index (χ0v) is 19.5. The first-order valence-electron chi connectivity index (χ1n) is 11.1. The van der Waals surface area contributed by atoms with Crippen LogP contribution in [0.2, 0.25) is 0 Å². The van der Waals surface area contributed by atoms with E-state index in [1.54, 1.807) is 12.2 Å². The molecule has 2 aromatic carbocycles. The van der Waals surface area contributed by atoms with E-state index in [1.807, 2.05) is 67.8 Å². The molecule has 2 heterocycles. The Morgan fingerprint density at radius 2 is 1.76 bits per heavy atom. The highest BCUT2D eigenvalue weighted by atomic mass is 32.2. The maximum atomic E-state index is 13.4. The van der Waals surface area contributed by atoms with Crippen molar-refractivity contribution < 1.29 is 19.5 Å². The van der Waals surface area contributed by atoms with E-state index in [4.69, 9.17) is 0 Å². The Bertz CT molecular complexity index is 1070. The summed E-state index contributed by atoms with van der Waals surface area (Å²) in [5.41, 5.74) is 1.44. The number of carboxylic acids is 1. The van der Waals surface area contributed by atoms with Crippen molar-refractivity contribution in [2.45, 2.75) is 24.9 Å². The van der Waals surface area contributed by atoms with Gasteiger partial charge in [-0.1, -0.05) is 66.7 Å². The lowest BCUT2D eigenvalue weighted by molar-refractivity contribution is -0.151. The lowest BCUT2D eigenvalue weighted by atomic mass is 9.78. The number of amides is 2. The van der Waals surface area contributed by atoms with E-state index in [9.17, 15) is 19.5 Å². The average Bonchev–Trinajstić information content (AvgIpc) is 3.31. The molecule has 0 aliphatic carbocycles. The van der Waals surface area contributed by atoms with Gasteiger partial charge in [0.2, 0.25) is 11.8 Å². The lowest BCUT2D eigenvalue weighted by Gasteiger charge is -2.31. The quantitative estimate of drug-likeness (QED) is 0.457. The van der Waals surface area contributed by atoms with Crippen molar-refractivity contribution in [3.8, 4) is 11.1 Å². The van der Waals surface area contributed by atoms with Crippen molar-refractivity contribution in [1.82, 2.24) is 10.2 Å². The molecule has 7 heteroatoms. The summed E-state index contributed by atoms with van der Waals surface area (Å²) in [5.74, 6) is -2.90. The highest BCUT2D eigenvalue weighted by molar-refractivity contribution is 7.98. The minimum Gasteiger partial charge on any atom is -0.480 e. The molecular weight excluding hydrogens is 436 g/mol. The second kappa shape index (κ2) is 9.53. The van der Waals surface area contributed by atoms with Gasteiger partial charge in [-0.3, -0.25) is 24.6 Å². The number of carbonyl (C=O) groups is 3. The van der Waals surface area contributed by atoms with E-state index in [-0.39, 0.29) is 18.9 Å². The second-order valence-corrected chi connectivity index (χ2v) is 9.47. The van der Waals surface area contributed by atoms with Crippen LogP contribution in [0.15, 0.2) is 66.7 Å². The van der Waals surface area contributed by atoms with Crippen molar-refractivity contribution in [2.24, 2.45) is 11.8 Å². The third-order valence-corrected chi connectivity index (χ3v) is 7.34. The van der Waals surface area contributed by atoms with Crippen molar-refractivity contribution >= 4 is 29.5 Å². The van der Waals surface area contributed by atoms with Crippen LogP contribution in [0.25, 0.3) is 11.1 Å². The number of rotatable bonds is 8. The van der Waals surface area contributed by atoms with Gasteiger partial charge in [0.15, 0.2) is 0 Å². The van der Waals surface area contributed by atoms with Crippen LogP contribution in [-0.4, -0.2) is 51.9 Å². The van der Waals surface area contributed by atoms with Crippen LogP contribution in [0.5, 0.6) is 0 Å². The molecule has 4 atom stereocenters. The molecule has 172 valence electrons. The van der Waals surface area contributed by atoms with Crippen molar-refractivity contribution in [3.63, 3.8) is 0 Å². The number of hydrogen-bond donors (Lipinski definition) is 2. The summed E-state index contributed by atoms with van der Waals surface area (Å²) in [5, 5.41) is 13.5. The number of nitrogens with one attached hydrogen (secondary N) is 1. The van der Waals surface area contributed by atoms with Gasteiger partial charge in [0.1, 0.15) is 5.54 Å². The van der Waals surface area contributed by atoms with Crippen LogP contribution < -0.4 is 5.32 Å². The number of carbonyl (C=O) groups excluding carboxylic acids is 2. The van der Waals surface area contributed by atoms with Gasteiger partial charge >= 0.3 is 5.97 Å². The predicted octanol–water partition coefficient (Wildman–Crippen LogP) is 3.75. The summed E-state index contributed by atoms with van der Waals surface area (Å²) < 4.78 is 0. The average molecular weight is 465 g/mol. The first-order valence-corrected chi connectivity index (χ1v) is 12.5. The standard InChI is InChI=1S/C26H28N2O4S/c1-3-4-15-28-23(29)20-21(24(28)30)26(25(31)32,14-16-33-2)27-22(20)19-12-10-18(11-13-19)17-8-6-5-7-9-17/h3-13,20-22,27H,14-16H2,1-2H3,(H,31,32)/b4-3+. The van der Waals surface area contributed by atoms with Crippen LogP contribution in [0.1, 0.15) is 24.9 Å². The third kappa shape index (κ3) is 4.00.